The Morgan fingerprint density at radius 2 is 2.11 bits per heavy atom. The van der Waals surface area contributed by atoms with E-state index in [1.165, 1.54) is 0 Å². The second-order valence-corrected chi connectivity index (χ2v) is 1.94. The highest BCUT2D eigenvalue weighted by Crippen LogP contribution is 1.97. The zero-order valence-electron chi connectivity index (χ0n) is 5.34. The van der Waals surface area contributed by atoms with Gasteiger partial charge < -0.3 is 4.74 Å². The fourth-order valence-corrected chi connectivity index (χ4v) is 0.812. The summed E-state index contributed by atoms with van der Waals surface area (Å²) in [5, 5.41) is 0. The lowest BCUT2D eigenvalue weighted by Crippen LogP contribution is -2.33. The first-order valence-electron chi connectivity index (χ1n) is 3.05. The van der Waals surface area contributed by atoms with Crippen molar-refractivity contribution in [1.29, 1.82) is 0 Å². The summed E-state index contributed by atoms with van der Waals surface area (Å²) in [6.45, 7) is 5.24. The van der Waals surface area contributed by atoms with E-state index in [0.29, 0.717) is 0 Å². The Bertz CT molecular complexity index is 111. The van der Waals surface area contributed by atoms with Crippen molar-refractivity contribution in [3.8, 4) is 12.3 Å². The molecule has 1 rings (SSSR count). The molecule has 0 spiro atoms. The predicted molar refractivity (Wildman–Crippen MR) is 35.5 cm³/mol. The molecule has 2 nitrogen and oxygen atoms in total. The SMILES string of the molecule is C#C[CH]N1CCOCC1. The molecule has 2 heteroatoms. The first-order chi connectivity index (χ1) is 4.43. The van der Waals surface area contributed by atoms with Crippen molar-refractivity contribution in [2.45, 2.75) is 0 Å². The first kappa shape index (κ1) is 6.60. The minimum Gasteiger partial charge on any atom is -0.379 e. The lowest BCUT2D eigenvalue weighted by molar-refractivity contribution is 0.0542. The second kappa shape index (κ2) is 3.49. The summed E-state index contributed by atoms with van der Waals surface area (Å²) in [6.07, 6.45) is 5.07. The summed E-state index contributed by atoms with van der Waals surface area (Å²) < 4.78 is 5.12. The molecule has 0 aromatic rings. The molecule has 0 N–H and O–H groups in total. The van der Waals surface area contributed by atoms with Gasteiger partial charge in [0, 0.05) is 13.1 Å². The van der Waals surface area contributed by atoms with Gasteiger partial charge in [-0.2, -0.15) is 0 Å². The van der Waals surface area contributed by atoms with Gasteiger partial charge in [0.05, 0.1) is 19.8 Å². The Morgan fingerprint density at radius 3 is 2.67 bits per heavy atom. The van der Waals surface area contributed by atoms with Crippen molar-refractivity contribution in [1.82, 2.24) is 4.90 Å². The van der Waals surface area contributed by atoms with Crippen LogP contribution in [0.2, 0.25) is 0 Å². The molecule has 0 aromatic carbocycles. The van der Waals surface area contributed by atoms with Crippen LogP contribution in [0.15, 0.2) is 0 Å². The fourth-order valence-electron chi connectivity index (χ4n) is 0.812. The van der Waals surface area contributed by atoms with Crippen molar-refractivity contribution in [3.05, 3.63) is 6.54 Å². The molecule has 0 aliphatic carbocycles. The lowest BCUT2D eigenvalue weighted by atomic mass is 10.4. The van der Waals surface area contributed by atoms with Gasteiger partial charge in [-0.3, -0.25) is 4.90 Å². The van der Waals surface area contributed by atoms with Gasteiger partial charge in [-0.05, 0) is 0 Å². The van der Waals surface area contributed by atoms with Crippen LogP contribution >= 0.6 is 0 Å². The third-order valence-corrected chi connectivity index (χ3v) is 1.30. The maximum atomic E-state index is 5.12. The molecular formula is C7H10NO. The second-order valence-electron chi connectivity index (χ2n) is 1.94. The third kappa shape index (κ3) is 2.05. The molecule has 0 unspecified atom stereocenters. The number of morpholine rings is 1. The van der Waals surface area contributed by atoms with Crippen molar-refractivity contribution in [3.63, 3.8) is 0 Å². The monoisotopic (exact) mass is 124 g/mol. The minimum absolute atomic E-state index is 0.804. The molecule has 9 heavy (non-hydrogen) atoms. The molecule has 0 saturated carbocycles. The highest BCUT2D eigenvalue weighted by molar-refractivity contribution is 5.00. The van der Waals surface area contributed by atoms with Crippen molar-refractivity contribution < 1.29 is 4.74 Å². The van der Waals surface area contributed by atoms with E-state index in [1.54, 1.807) is 6.54 Å². The van der Waals surface area contributed by atoms with Crippen LogP contribution in [0.5, 0.6) is 0 Å². The third-order valence-electron chi connectivity index (χ3n) is 1.30. The lowest BCUT2D eigenvalue weighted by Gasteiger charge is -2.23. The van der Waals surface area contributed by atoms with Gasteiger partial charge in [0.2, 0.25) is 0 Å². The van der Waals surface area contributed by atoms with Gasteiger partial charge in [-0.25, -0.2) is 0 Å². The summed E-state index contributed by atoms with van der Waals surface area (Å²) >= 11 is 0. The summed E-state index contributed by atoms with van der Waals surface area (Å²) in [7, 11) is 0. The van der Waals surface area contributed by atoms with Gasteiger partial charge >= 0.3 is 0 Å². The van der Waals surface area contributed by atoms with Crippen LogP contribution in [-0.2, 0) is 4.74 Å². The van der Waals surface area contributed by atoms with E-state index in [2.05, 4.69) is 10.8 Å². The molecule has 49 valence electrons. The minimum atomic E-state index is 0.804. The number of ether oxygens (including phenoxy) is 1. The summed E-state index contributed by atoms with van der Waals surface area (Å²) in [5.41, 5.74) is 0. The maximum Gasteiger partial charge on any atom is 0.0985 e. The topological polar surface area (TPSA) is 12.5 Å². The van der Waals surface area contributed by atoms with E-state index in [9.17, 15) is 0 Å². The maximum absolute atomic E-state index is 5.12. The Balaban J connectivity index is 2.17. The van der Waals surface area contributed by atoms with E-state index >= 15 is 0 Å². The predicted octanol–water partition coefficient (Wildman–Crippen LogP) is 0.114. The Labute approximate surface area is 55.8 Å². The van der Waals surface area contributed by atoms with Crippen LogP contribution in [0, 0.1) is 18.9 Å². The molecule has 1 aliphatic rings. The molecule has 0 bridgehead atoms. The number of rotatable bonds is 1. The van der Waals surface area contributed by atoms with Gasteiger partial charge in [-0.15, -0.1) is 6.42 Å². The standard InChI is InChI=1S/C7H10NO/c1-2-3-8-4-6-9-7-5-8/h1,3H,4-7H2. The number of terminal acetylenes is 1. The van der Waals surface area contributed by atoms with Crippen LogP contribution in [0.25, 0.3) is 0 Å². The Hall–Kier alpha value is -0.520. The van der Waals surface area contributed by atoms with Crippen LogP contribution in [0.4, 0.5) is 0 Å². The molecule has 1 fully saturated rings. The molecular weight excluding hydrogens is 114 g/mol. The average molecular weight is 124 g/mol. The van der Waals surface area contributed by atoms with Crippen molar-refractivity contribution >= 4 is 0 Å². The molecule has 1 heterocycles. The van der Waals surface area contributed by atoms with Gasteiger partial charge in [0.1, 0.15) is 0 Å². The van der Waals surface area contributed by atoms with Crippen LogP contribution in [-0.4, -0.2) is 31.2 Å². The zero-order valence-corrected chi connectivity index (χ0v) is 5.34. The molecule has 1 radical (unpaired) electrons. The fraction of sp³-hybridized carbons (Fsp3) is 0.571. The summed E-state index contributed by atoms with van der Waals surface area (Å²) in [5.74, 6) is 2.48. The smallest absolute Gasteiger partial charge is 0.0985 e. The van der Waals surface area contributed by atoms with Gasteiger partial charge in [-0.1, -0.05) is 5.92 Å². The summed E-state index contributed by atoms with van der Waals surface area (Å²) in [4.78, 5) is 2.09. The van der Waals surface area contributed by atoms with E-state index in [4.69, 9.17) is 11.2 Å². The molecule has 0 atom stereocenters. The van der Waals surface area contributed by atoms with E-state index in [-0.39, 0.29) is 0 Å². The Kier molecular flexibility index (Phi) is 2.56. The van der Waals surface area contributed by atoms with E-state index in [0.717, 1.165) is 26.3 Å². The van der Waals surface area contributed by atoms with Crippen molar-refractivity contribution in [2.24, 2.45) is 0 Å². The van der Waals surface area contributed by atoms with Crippen LogP contribution in [0.1, 0.15) is 0 Å². The highest BCUT2D eigenvalue weighted by atomic mass is 16.5. The van der Waals surface area contributed by atoms with E-state index in [1.807, 2.05) is 0 Å². The number of hydrogen-bond acceptors (Lipinski definition) is 2. The largest absolute Gasteiger partial charge is 0.379 e. The molecule has 1 saturated heterocycles. The Morgan fingerprint density at radius 1 is 1.44 bits per heavy atom. The number of nitrogens with zero attached hydrogens (tertiary/aromatic N) is 1. The number of hydrogen-bond donors (Lipinski definition) is 0. The van der Waals surface area contributed by atoms with Gasteiger partial charge in [0.25, 0.3) is 0 Å². The van der Waals surface area contributed by atoms with E-state index < -0.39 is 0 Å². The molecule has 1 aliphatic heterocycles. The van der Waals surface area contributed by atoms with Crippen LogP contribution < -0.4 is 0 Å². The first-order valence-corrected chi connectivity index (χ1v) is 3.05. The average Bonchev–Trinajstić information content (AvgIpc) is 1.91. The molecule has 0 aromatic heterocycles. The quantitative estimate of drug-likeness (QED) is 0.460. The van der Waals surface area contributed by atoms with Gasteiger partial charge in [0.15, 0.2) is 0 Å². The summed E-state index contributed by atoms with van der Waals surface area (Å²) in [6, 6.07) is 0. The highest BCUT2D eigenvalue weighted by Gasteiger charge is 2.07. The molecule has 0 amide bonds. The zero-order chi connectivity index (χ0) is 6.53. The normalized spacial score (nSPS) is 21.2. The van der Waals surface area contributed by atoms with Crippen molar-refractivity contribution in [2.75, 3.05) is 26.3 Å². The van der Waals surface area contributed by atoms with Crippen LogP contribution in [0.3, 0.4) is 0 Å².